The fraction of sp³-hybridized carbons (Fsp3) is 0.900. The molecule has 0 bridgehead atoms. The molecule has 0 radical (unpaired) electrons. The Morgan fingerprint density at radius 1 is 1.15 bits per heavy atom. The van der Waals surface area contributed by atoms with Gasteiger partial charge in [-0.05, 0) is 26.2 Å². The Bertz CT molecular complexity index is 186. The van der Waals surface area contributed by atoms with Crippen molar-refractivity contribution in [1.82, 2.24) is 0 Å². The Hall–Kier alpha value is -0.570. The van der Waals surface area contributed by atoms with E-state index < -0.39 is 11.6 Å². The second-order valence-corrected chi connectivity index (χ2v) is 5.38. The summed E-state index contributed by atoms with van der Waals surface area (Å²) in [5, 5.41) is 0. The summed E-state index contributed by atoms with van der Waals surface area (Å²) in [6.45, 7) is 11.3. The molecule has 0 rings (SSSR count). The fourth-order valence-corrected chi connectivity index (χ4v) is 0.719. The van der Waals surface area contributed by atoms with Crippen molar-refractivity contribution in [3.05, 3.63) is 0 Å². The first-order valence-corrected chi connectivity index (χ1v) is 4.52. The van der Waals surface area contributed by atoms with E-state index in [0.717, 1.165) is 0 Å². The quantitative estimate of drug-likeness (QED) is 0.636. The van der Waals surface area contributed by atoms with E-state index in [4.69, 9.17) is 10.5 Å². The molecule has 0 aromatic rings. The lowest BCUT2D eigenvalue weighted by Gasteiger charge is -2.28. The van der Waals surface area contributed by atoms with Gasteiger partial charge < -0.3 is 10.5 Å². The molecule has 78 valence electrons. The zero-order valence-corrected chi connectivity index (χ0v) is 9.47. The molecule has 0 unspecified atom stereocenters. The molecule has 0 spiro atoms. The minimum Gasteiger partial charge on any atom is -0.459 e. The molecule has 3 nitrogen and oxygen atoms in total. The van der Waals surface area contributed by atoms with Crippen LogP contribution in [-0.2, 0) is 9.53 Å². The predicted molar refractivity (Wildman–Crippen MR) is 53.3 cm³/mol. The molecule has 0 saturated heterocycles. The highest BCUT2D eigenvalue weighted by Crippen LogP contribution is 2.20. The van der Waals surface area contributed by atoms with Gasteiger partial charge in [0.25, 0.3) is 0 Å². The Balaban J connectivity index is 4.30. The maximum atomic E-state index is 11.5. The number of carbonyl (C=O) groups is 1. The molecule has 0 aromatic heterocycles. The van der Waals surface area contributed by atoms with Crippen molar-refractivity contribution in [3.8, 4) is 0 Å². The molecule has 0 aliphatic carbocycles. The zero-order valence-electron chi connectivity index (χ0n) is 9.47. The summed E-state index contributed by atoms with van der Waals surface area (Å²) in [4.78, 5) is 11.5. The van der Waals surface area contributed by atoms with Gasteiger partial charge in [-0.15, -0.1) is 0 Å². The molecule has 0 fully saturated rings. The minimum atomic E-state index is -0.563. The van der Waals surface area contributed by atoms with Gasteiger partial charge in [0.2, 0.25) is 0 Å². The molecule has 0 aliphatic heterocycles. The number of ether oxygens (including phenoxy) is 1. The highest BCUT2D eigenvalue weighted by Gasteiger charge is 2.31. The second-order valence-electron chi connectivity index (χ2n) is 5.38. The van der Waals surface area contributed by atoms with Crippen LogP contribution in [0, 0.1) is 5.41 Å². The van der Waals surface area contributed by atoms with Crippen LogP contribution in [0.25, 0.3) is 0 Å². The molecule has 2 N–H and O–H groups in total. The van der Waals surface area contributed by atoms with Crippen LogP contribution in [0.4, 0.5) is 0 Å². The average molecular weight is 187 g/mol. The third-order valence-corrected chi connectivity index (χ3v) is 1.59. The second kappa shape index (κ2) is 3.66. The molecular formula is C10H21NO2. The highest BCUT2D eigenvalue weighted by molar-refractivity contribution is 5.76. The molecule has 13 heavy (non-hydrogen) atoms. The summed E-state index contributed by atoms with van der Waals surface area (Å²) < 4.78 is 5.16. The summed E-state index contributed by atoms with van der Waals surface area (Å²) in [7, 11) is 0. The molecule has 0 aliphatic rings. The lowest BCUT2D eigenvalue weighted by molar-refractivity contribution is -0.159. The Morgan fingerprint density at radius 2 is 1.54 bits per heavy atom. The van der Waals surface area contributed by atoms with Crippen LogP contribution in [0.1, 0.15) is 41.5 Å². The van der Waals surface area contributed by atoms with E-state index in [1.54, 1.807) is 0 Å². The van der Waals surface area contributed by atoms with E-state index >= 15 is 0 Å². The van der Waals surface area contributed by atoms with Gasteiger partial charge in [0.1, 0.15) is 11.6 Å². The van der Waals surface area contributed by atoms with E-state index in [1.165, 1.54) is 0 Å². The zero-order chi connectivity index (χ0) is 10.9. The number of esters is 1. The average Bonchev–Trinajstić information content (AvgIpc) is 1.79. The smallest absolute Gasteiger partial charge is 0.323 e. The van der Waals surface area contributed by atoms with Crippen LogP contribution >= 0.6 is 0 Å². The summed E-state index contributed by atoms with van der Waals surface area (Å²) in [5.41, 5.74) is 5.02. The van der Waals surface area contributed by atoms with Crippen molar-refractivity contribution >= 4 is 5.97 Å². The van der Waals surface area contributed by atoms with Gasteiger partial charge >= 0.3 is 5.97 Å². The summed E-state index contributed by atoms with van der Waals surface area (Å²) >= 11 is 0. The van der Waals surface area contributed by atoms with Gasteiger partial charge in [-0.2, -0.15) is 0 Å². The topological polar surface area (TPSA) is 52.3 Å². The molecule has 0 saturated carbocycles. The van der Waals surface area contributed by atoms with Gasteiger partial charge in [-0.3, -0.25) is 4.79 Å². The first kappa shape index (κ1) is 12.4. The number of nitrogens with two attached hydrogens (primary N) is 1. The molecule has 0 aromatic carbocycles. The van der Waals surface area contributed by atoms with Gasteiger partial charge in [0.05, 0.1) is 0 Å². The van der Waals surface area contributed by atoms with Crippen LogP contribution in [0.2, 0.25) is 0 Å². The standard InChI is InChI=1S/C10H21NO2/c1-9(2,3)7(11)8(12)13-10(4,5)6/h7H,11H2,1-6H3/t7-/m0/s1. The molecule has 0 heterocycles. The first-order valence-electron chi connectivity index (χ1n) is 4.52. The Kier molecular flexibility index (Phi) is 3.50. The van der Waals surface area contributed by atoms with Crippen molar-refractivity contribution in [2.24, 2.45) is 11.1 Å². The Morgan fingerprint density at radius 3 is 1.77 bits per heavy atom. The van der Waals surface area contributed by atoms with Crippen molar-refractivity contribution in [3.63, 3.8) is 0 Å². The van der Waals surface area contributed by atoms with Crippen molar-refractivity contribution in [2.45, 2.75) is 53.2 Å². The maximum absolute atomic E-state index is 11.5. The van der Waals surface area contributed by atoms with Crippen LogP contribution in [0.15, 0.2) is 0 Å². The number of hydrogen-bond acceptors (Lipinski definition) is 3. The molecular weight excluding hydrogens is 166 g/mol. The molecule has 0 amide bonds. The van der Waals surface area contributed by atoms with Crippen molar-refractivity contribution < 1.29 is 9.53 Å². The molecule has 1 atom stereocenters. The van der Waals surface area contributed by atoms with E-state index in [1.807, 2.05) is 41.5 Å². The molecule has 3 heteroatoms. The number of rotatable bonds is 1. The summed E-state index contributed by atoms with van der Waals surface area (Å²) in [5.74, 6) is -0.333. The lowest BCUT2D eigenvalue weighted by atomic mass is 9.87. The summed E-state index contributed by atoms with van der Waals surface area (Å²) in [6, 6.07) is -0.563. The van der Waals surface area contributed by atoms with Crippen molar-refractivity contribution in [1.29, 1.82) is 0 Å². The van der Waals surface area contributed by atoms with E-state index in [2.05, 4.69) is 0 Å². The van der Waals surface area contributed by atoms with Crippen LogP contribution in [-0.4, -0.2) is 17.6 Å². The van der Waals surface area contributed by atoms with Crippen LogP contribution < -0.4 is 5.73 Å². The van der Waals surface area contributed by atoms with Crippen molar-refractivity contribution in [2.75, 3.05) is 0 Å². The van der Waals surface area contributed by atoms with E-state index in [9.17, 15) is 4.79 Å². The Labute approximate surface area is 80.6 Å². The van der Waals surface area contributed by atoms with E-state index in [0.29, 0.717) is 0 Å². The highest BCUT2D eigenvalue weighted by atomic mass is 16.6. The largest absolute Gasteiger partial charge is 0.459 e. The van der Waals surface area contributed by atoms with E-state index in [-0.39, 0.29) is 11.4 Å². The lowest BCUT2D eigenvalue weighted by Crippen LogP contribution is -2.45. The van der Waals surface area contributed by atoms with Gasteiger partial charge in [-0.25, -0.2) is 0 Å². The minimum absolute atomic E-state index is 0.248. The SMILES string of the molecule is CC(C)(C)OC(=O)[C@H](N)C(C)(C)C. The normalized spacial score (nSPS) is 15.3. The third-order valence-electron chi connectivity index (χ3n) is 1.59. The fourth-order valence-electron chi connectivity index (χ4n) is 0.719. The third kappa shape index (κ3) is 4.88. The van der Waals surface area contributed by atoms with Gasteiger partial charge in [0.15, 0.2) is 0 Å². The maximum Gasteiger partial charge on any atom is 0.323 e. The van der Waals surface area contributed by atoms with Gasteiger partial charge in [-0.1, -0.05) is 20.8 Å². The monoisotopic (exact) mass is 187 g/mol. The number of hydrogen-bond donors (Lipinski definition) is 1. The van der Waals surface area contributed by atoms with Gasteiger partial charge in [0, 0.05) is 0 Å². The predicted octanol–water partition coefficient (Wildman–Crippen LogP) is 1.70. The van der Waals surface area contributed by atoms with Crippen LogP contribution in [0.5, 0.6) is 0 Å². The summed E-state index contributed by atoms with van der Waals surface area (Å²) in [6.07, 6.45) is 0. The number of carbonyl (C=O) groups excluding carboxylic acids is 1. The first-order chi connectivity index (χ1) is 5.54. The van der Waals surface area contributed by atoms with Crippen LogP contribution in [0.3, 0.4) is 0 Å².